The van der Waals surface area contributed by atoms with Crippen molar-refractivity contribution in [3.05, 3.63) is 24.0 Å². The molecule has 1 aliphatic heterocycles. The fraction of sp³-hybridized carbons (Fsp3) is 0.222. The van der Waals surface area contributed by atoms with Crippen LogP contribution in [0.5, 0.6) is 0 Å². The van der Waals surface area contributed by atoms with Crippen molar-refractivity contribution in [2.75, 3.05) is 11.1 Å². The number of aromatic nitrogens is 1. The lowest BCUT2D eigenvalue weighted by atomic mass is 10.3. The Morgan fingerprint density at radius 1 is 1.53 bits per heavy atom. The van der Waals surface area contributed by atoms with Gasteiger partial charge in [-0.05, 0) is 12.1 Å². The van der Waals surface area contributed by atoms with Crippen LogP contribution >= 0.6 is 11.8 Å². The Kier molecular flexibility index (Phi) is 3.23. The highest BCUT2D eigenvalue weighted by atomic mass is 32.2. The van der Waals surface area contributed by atoms with Gasteiger partial charge in [0, 0.05) is 5.75 Å². The van der Waals surface area contributed by atoms with Gasteiger partial charge in [0.15, 0.2) is 0 Å². The molecule has 1 unspecified atom stereocenters. The molecule has 90 valence electrons. The van der Waals surface area contributed by atoms with E-state index in [9.17, 15) is 18.4 Å². The number of halogens is 2. The maximum absolute atomic E-state index is 13.1. The van der Waals surface area contributed by atoms with Gasteiger partial charge in [0.2, 0.25) is 17.8 Å². The largest absolute Gasteiger partial charge is 0.334 e. The Bertz CT molecular complexity index is 483. The van der Waals surface area contributed by atoms with Crippen molar-refractivity contribution < 1.29 is 18.4 Å². The summed E-state index contributed by atoms with van der Waals surface area (Å²) in [6.45, 7) is 0. The van der Waals surface area contributed by atoms with Crippen molar-refractivity contribution in [2.45, 2.75) is 6.04 Å². The first-order valence-electron chi connectivity index (χ1n) is 4.62. The molecule has 0 aliphatic carbocycles. The number of thioether (sulfide) groups is 1. The average molecular weight is 259 g/mol. The number of carbonyl (C=O) groups excluding carboxylic acids is 2. The fourth-order valence-electron chi connectivity index (χ4n) is 1.25. The highest BCUT2D eigenvalue weighted by Crippen LogP contribution is 2.16. The predicted molar refractivity (Wildman–Crippen MR) is 57.6 cm³/mol. The van der Waals surface area contributed by atoms with Crippen molar-refractivity contribution >= 4 is 28.6 Å². The minimum Gasteiger partial charge on any atom is -0.334 e. The summed E-state index contributed by atoms with van der Waals surface area (Å²) in [5.74, 6) is -2.35. The lowest BCUT2D eigenvalue weighted by molar-refractivity contribution is -0.117. The van der Waals surface area contributed by atoms with Crippen LogP contribution < -0.4 is 10.6 Å². The summed E-state index contributed by atoms with van der Waals surface area (Å²) in [6, 6.07) is 1.29. The molecule has 0 spiro atoms. The van der Waals surface area contributed by atoms with Gasteiger partial charge < -0.3 is 10.6 Å². The first-order valence-corrected chi connectivity index (χ1v) is 5.61. The van der Waals surface area contributed by atoms with Gasteiger partial charge in [-0.3, -0.25) is 9.59 Å². The van der Waals surface area contributed by atoms with Crippen LogP contribution in [0.15, 0.2) is 12.1 Å². The summed E-state index contributed by atoms with van der Waals surface area (Å²) in [7, 11) is 0. The number of nitrogens with one attached hydrogen (secondary N) is 2. The number of rotatable bonds is 2. The zero-order chi connectivity index (χ0) is 12.4. The van der Waals surface area contributed by atoms with E-state index in [0.717, 1.165) is 23.9 Å². The van der Waals surface area contributed by atoms with Crippen molar-refractivity contribution in [1.29, 1.82) is 0 Å². The Balaban J connectivity index is 2.05. The first-order chi connectivity index (χ1) is 8.06. The van der Waals surface area contributed by atoms with Crippen molar-refractivity contribution in [3.63, 3.8) is 0 Å². The Morgan fingerprint density at radius 2 is 2.29 bits per heavy atom. The van der Waals surface area contributed by atoms with E-state index in [2.05, 4.69) is 15.6 Å². The molecule has 0 bridgehead atoms. The lowest BCUT2D eigenvalue weighted by Crippen LogP contribution is -2.38. The van der Waals surface area contributed by atoms with E-state index in [-0.39, 0.29) is 16.7 Å². The van der Waals surface area contributed by atoms with Crippen LogP contribution in [-0.2, 0) is 4.79 Å². The molecule has 2 amide bonds. The molecule has 2 heterocycles. The molecule has 0 aromatic carbocycles. The number of carbonyl (C=O) groups is 2. The molecule has 1 aliphatic rings. The van der Waals surface area contributed by atoms with E-state index in [1.807, 2.05) is 0 Å². The van der Waals surface area contributed by atoms with E-state index in [1.165, 1.54) is 0 Å². The summed E-state index contributed by atoms with van der Waals surface area (Å²) in [4.78, 5) is 25.4. The highest BCUT2D eigenvalue weighted by Gasteiger charge is 2.28. The van der Waals surface area contributed by atoms with Crippen molar-refractivity contribution in [1.82, 2.24) is 10.3 Å². The number of anilines is 1. The molecule has 1 fully saturated rings. The SMILES string of the molecule is O=C1NC(C(=O)Nc2ccc(F)nc2F)CS1. The summed E-state index contributed by atoms with van der Waals surface area (Å²) < 4.78 is 25.6. The van der Waals surface area contributed by atoms with Gasteiger partial charge in [-0.15, -0.1) is 0 Å². The molecule has 2 rings (SSSR count). The Hall–Kier alpha value is -1.70. The second-order valence-corrected chi connectivity index (χ2v) is 4.25. The van der Waals surface area contributed by atoms with Gasteiger partial charge in [0.05, 0.1) is 5.69 Å². The third kappa shape index (κ3) is 2.70. The maximum atomic E-state index is 13.1. The van der Waals surface area contributed by atoms with E-state index >= 15 is 0 Å². The van der Waals surface area contributed by atoms with E-state index < -0.39 is 23.8 Å². The second-order valence-electron chi connectivity index (χ2n) is 3.26. The van der Waals surface area contributed by atoms with Gasteiger partial charge in [-0.1, -0.05) is 11.8 Å². The molecule has 0 saturated carbocycles. The zero-order valence-electron chi connectivity index (χ0n) is 8.37. The molecule has 0 radical (unpaired) electrons. The van der Waals surface area contributed by atoms with Gasteiger partial charge in [0.1, 0.15) is 6.04 Å². The molecule has 8 heteroatoms. The monoisotopic (exact) mass is 259 g/mol. The second kappa shape index (κ2) is 4.66. The molecule has 1 atom stereocenters. The first kappa shape index (κ1) is 11.8. The summed E-state index contributed by atoms with van der Waals surface area (Å²) in [6.07, 6.45) is 0. The van der Waals surface area contributed by atoms with Gasteiger partial charge >= 0.3 is 0 Å². The minimum absolute atomic E-state index is 0.220. The zero-order valence-corrected chi connectivity index (χ0v) is 9.18. The van der Waals surface area contributed by atoms with Crippen LogP contribution in [0.2, 0.25) is 0 Å². The summed E-state index contributed by atoms with van der Waals surface area (Å²) in [5, 5.41) is 4.33. The Morgan fingerprint density at radius 3 is 2.88 bits per heavy atom. The van der Waals surface area contributed by atoms with Crippen LogP contribution in [0.3, 0.4) is 0 Å². The molecule has 1 aromatic heterocycles. The molecular weight excluding hydrogens is 252 g/mol. The molecule has 17 heavy (non-hydrogen) atoms. The molecular formula is C9H7F2N3O2S. The van der Waals surface area contributed by atoms with Crippen LogP contribution in [-0.4, -0.2) is 27.9 Å². The van der Waals surface area contributed by atoms with Crippen LogP contribution in [0.4, 0.5) is 19.3 Å². The van der Waals surface area contributed by atoms with Crippen LogP contribution in [0.25, 0.3) is 0 Å². The van der Waals surface area contributed by atoms with Gasteiger partial charge in [-0.25, -0.2) is 0 Å². The highest BCUT2D eigenvalue weighted by molar-refractivity contribution is 8.14. The van der Waals surface area contributed by atoms with E-state index in [4.69, 9.17) is 0 Å². The molecule has 1 saturated heterocycles. The van der Waals surface area contributed by atoms with Crippen LogP contribution in [0, 0.1) is 11.9 Å². The maximum Gasteiger partial charge on any atom is 0.279 e. The number of amides is 2. The normalized spacial score (nSPS) is 18.9. The third-order valence-corrected chi connectivity index (χ3v) is 2.94. The minimum atomic E-state index is -1.10. The van der Waals surface area contributed by atoms with Gasteiger partial charge in [-0.2, -0.15) is 13.8 Å². The predicted octanol–water partition coefficient (Wildman–Crippen LogP) is 1.12. The molecule has 1 aromatic rings. The topological polar surface area (TPSA) is 71.1 Å². The molecule has 5 nitrogen and oxygen atoms in total. The summed E-state index contributed by atoms with van der Waals surface area (Å²) in [5.41, 5.74) is -0.220. The average Bonchev–Trinajstić information content (AvgIpc) is 2.69. The number of hydrogen-bond acceptors (Lipinski definition) is 4. The standard InChI is InChI=1S/C9H7F2N3O2S/c10-6-2-1-4(7(11)14-6)12-8(15)5-3-17-9(16)13-5/h1-2,5H,3H2,(H,12,15)(H,13,16). The molecule has 2 N–H and O–H groups in total. The lowest BCUT2D eigenvalue weighted by Gasteiger charge is -2.10. The van der Waals surface area contributed by atoms with Crippen molar-refractivity contribution in [3.8, 4) is 0 Å². The fourth-order valence-corrected chi connectivity index (χ4v) is 2.03. The smallest absolute Gasteiger partial charge is 0.279 e. The van der Waals surface area contributed by atoms with Crippen LogP contribution in [0.1, 0.15) is 0 Å². The number of nitrogens with zero attached hydrogens (tertiary/aromatic N) is 1. The summed E-state index contributed by atoms with van der Waals surface area (Å²) >= 11 is 0.971. The Labute approximate surface area is 99.0 Å². The van der Waals surface area contributed by atoms with E-state index in [0.29, 0.717) is 0 Å². The number of hydrogen-bond donors (Lipinski definition) is 2. The van der Waals surface area contributed by atoms with E-state index in [1.54, 1.807) is 0 Å². The van der Waals surface area contributed by atoms with Crippen molar-refractivity contribution in [2.24, 2.45) is 0 Å². The quantitative estimate of drug-likeness (QED) is 0.781. The number of pyridine rings is 1. The van der Waals surface area contributed by atoms with Gasteiger partial charge in [0.25, 0.3) is 5.24 Å². The third-order valence-electron chi connectivity index (χ3n) is 2.06.